The smallest absolute Gasteiger partial charge is 0.260 e. The molecule has 112 valence electrons. The van der Waals surface area contributed by atoms with E-state index in [0.717, 1.165) is 24.0 Å². The summed E-state index contributed by atoms with van der Waals surface area (Å²) in [6.45, 7) is 1.75. The van der Waals surface area contributed by atoms with Gasteiger partial charge in [0.15, 0.2) is 0 Å². The molecule has 0 fully saturated rings. The number of amides is 2. The number of nitrogens with zero attached hydrogens (tertiary/aromatic N) is 1. The van der Waals surface area contributed by atoms with Crippen LogP contribution in [-0.4, -0.2) is 43.9 Å². The van der Waals surface area contributed by atoms with Crippen LogP contribution in [0.4, 0.5) is 0 Å². The summed E-state index contributed by atoms with van der Waals surface area (Å²) in [5.41, 5.74) is 1.65. The zero-order chi connectivity index (χ0) is 15.4. The van der Waals surface area contributed by atoms with Crippen molar-refractivity contribution in [2.24, 2.45) is 0 Å². The van der Waals surface area contributed by atoms with Gasteiger partial charge in [0.1, 0.15) is 0 Å². The van der Waals surface area contributed by atoms with Crippen LogP contribution in [0.2, 0.25) is 0 Å². The van der Waals surface area contributed by atoms with Gasteiger partial charge in [-0.3, -0.25) is 14.9 Å². The van der Waals surface area contributed by atoms with Gasteiger partial charge in [-0.25, -0.2) is 0 Å². The summed E-state index contributed by atoms with van der Waals surface area (Å²) < 4.78 is 0.835. The molecule has 0 aromatic heterocycles. The molecule has 1 heterocycles. The highest BCUT2D eigenvalue weighted by Crippen LogP contribution is 2.26. The third-order valence-electron chi connectivity index (χ3n) is 3.16. The van der Waals surface area contributed by atoms with E-state index < -0.39 is 0 Å². The fourth-order valence-electron chi connectivity index (χ4n) is 2.11. The molecule has 1 aromatic carbocycles. The molecule has 0 aliphatic carbocycles. The highest BCUT2D eigenvalue weighted by Gasteiger charge is 2.27. The minimum atomic E-state index is -0.370. The molecule has 2 N–H and O–H groups in total. The van der Waals surface area contributed by atoms with Crippen LogP contribution < -0.4 is 10.6 Å². The number of halogens is 1. The van der Waals surface area contributed by atoms with Gasteiger partial charge >= 0.3 is 0 Å². The first-order valence-corrected chi connectivity index (χ1v) is 7.52. The van der Waals surface area contributed by atoms with Crippen LogP contribution in [0.15, 0.2) is 28.9 Å². The topological polar surface area (TPSA) is 61.4 Å². The van der Waals surface area contributed by atoms with Gasteiger partial charge in [-0.05, 0) is 45.3 Å². The van der Waals surface area contributed by atoms with Gasteiger partial charge in [-0.2, -0.15) is 0 Å². The first kappa shape index (κ1) is 15.7. The van der Waals surface area contributed by atoms with E-state index in [4.69, 9.17) is 0 Å². The minimum absolute atomic E-state index is 0.354. The molecule has 1 aliphatic heterocycles. The third kappa shape index (κ3) is 3.92. The lowest BCUT2D eigenvalue weighted by molar-refractivity contribution is -0.114. The van der Waals surface area contributed by atoms with Gasteiger partial charge in [0.05, 0.1) is 5.57 Å². The largest absolute Gasteiger partial charge is 0.390 e. The summed E-state index contributed by atoms with van der Waals surface area (Å²) >= 11 is 3.37. The average molecular weight is 352 g/mol. The summed E-state index contributed by atoms with van der Waals surface area (Å²) in [7, 11) is 4.04. The Morgan fingerprint density at radius 3 is 2.71 bits per heavy atom. The quantitative estimate of drug-likeness (QED) is 0.480. The first-order valence-electron chi connectivity index (χ1n) is 6.73. The predicted molar refractivity (Wildman–Crippen MR) is 85.8 cm³/mol. The molecule has 0 saturated carbocycles. The average Bonchev–Trinajstić information content (AvgIpc) is 2.41. The number of benzene rings is 1. The number of imide groups is 1. The molecule has 5 nitrogen and oxygen atoms in total. The first-order chi connectivity index (χ1) is 9.99. The van der Waals surface area contributed by atoms with Crippen LogP contribution in [0, 0.1) is 0 Å². The van der Waals surface area contributed by atoms with Gasteiger partial charge in [-0.1, -0.05) is 15.9 Å². The maximum Gasteiger partial charge on any atom is 0.260 e. The van der Waals surface area contributed by atoms with E-state index in [1.165, 1.54) is 0 Å². The number of rotatable bonds is 5. The highest BCUT2D eigenvalue weighted by atomic mass is 79.9. The SMILES string of the molecule is CN(C)CCCN/C=C1\C(=O)NC(=O)c2ccc(Br)cc21. The van der Waals surface area contributed by atoms with Gasteiger partial charge in [0.2, 0.25) is 0 Å². The van der Waals surface area contributed by atoms with Crippen molar-refractivity contribution < 1.29 is 9.59 Å². The summed E-state index contributed by atoms with van der Waals surface area (Å²) in [6.07, 6.45) is 2.66. The van der Waals surface area contributed by atoms with Crippen molar-refractivity contribution >= 4 is 33.3 Å². The number of nitrogens with one attached hydrogen (secondary N) is 2. The molecule has 0 saturated heterocycles. The van der Waals surface area contributed by atoms with E-state index in [-0.39, 0.29) is 11.8 Å². The highest BCUT2D eigenvalue weighted by molar-refractivity contribution is 9.10. The Morgan fingerprint density at radius 2 is 2.00 bits per heavy atom. The van der Waals surface area contributed by atoms with E-state index in [2.05, 4.69) is 31.5 Å². The number of hydrogen-bond donors (Lipinski definition) is 2. The van der Waals surface area contributed by atoms with Gasteiger partial charge < -0.3 is 10.2 Å². The van der Waals surface area contributed by atoms with Crippen LogP contribution in [-0.2, 0) is 4.79 Å². The number of hydrogen-bond acceptors (Lipinski definition) is 4. The zero-order valence-electron chi connectivity index (χ0n) is 12.1. The van der Waals surface area contributed by atoms with Crippen molar-refractivity contribution in [1.82, 2.24) is 15.5 Å². The summed E-state index contributed by atoms with van der Waals surface area (Å²) in [5.74, 6) is -0.724. The molecule has 0 spiro atoms. The molecular weight excluding hydrogens is 334 g/mol. The second-order valence-corrected chi connectivity index (χ2v) is 6.06. The molecule has 1 aromatic rings. The number of carbonyl (C=O) groups is 2. The number of fused-ring (bicyclic) bond motifs is 1. The fraction of sp³-hybridized carbons (Fsp3) is 0.333. The molecule has 6 heteroatoms. The van der Waals surface area contributed by atoms with Crippen LogP contribution >= 0.6 is 15.9 Å². The zero-order valence-corrected chi connectivity index (χ0v) is 13.7. The third-order valence-corrected chi connectivity index (χ3v) is 3.65. The van der Waals surface area contributed by atoms with Crippen LogP contribution in [0.5, 0.6) is 0 Å². The standard InChI is InChI=1S/C15H18BrN3O2/c1-19(2)7-3-6-17-9-13-12-8-10(16)4-5-11(12)14(20)18-15(13)21/h4-5,8-9,17H,3,6-7H2,1-2H3,(H,18,20,21)/b13-9-. The Morgan fingerprint density at radius 1 is 1.24 bits per heavy atom. The molecule has 21 heavy (non-hydrogen) atoms. The normalized spacial score (nSPS) is 16.1. The Bertz CT molecular complexity index is 597. The van der Waals surface area contributed by atoms with Crippen molar-refractivity contribution in [3.05, 3.63) is 40.0 Å². The van der Waals surface area contributed by atoms with Crippen molar-refractivity contribution in [2.75, 3.05) is 27.2 Å². The Kier molecular flexibility index (Phi) is 5.14. The van der Waals surface area contributed by atoms with E-state index >= 15 is 0 Å². The fourth-order valence-corrected chi connectivity index (χ4v) is 2.47. The lowest BCUT2D eigenvalue weighted by Gasteiger charge is -2.18. The lowest BCUT2D eigenvalue weighted by Crippen LogP contribution is -2.37. The van der Waals surface area contributed by atoms with Crippen molar-refractivity contribution in [3.63, 3.8) is 0 Å². The van der Waals surface area contributed by atoms with Crippen LogP contribution in [0.3, 0.4) is 0 Å². The maximum atomic E-state index is 12.0. The molecule has 0 radical (unpaired) electrons. The molecule has 0 unspecified atom stereocenters. The predicted octanol–water partition coefficient (Wildman–Crippen LogP) is 1.60. The summed E-state index contributed by atoms with van der Waals surface area (Å²) in [4.78, 5) is 25.9. The van der Waals surface area contributed by atoms with Crippen molar-refractivity contribution in [1.29, 1.82) is 0 Å². The van der Waals surface area contributed by atoms with E-state index in [9.17, 15) is 9.59 Å². The summed E-state index contributed by atoms with van der Waals surface area (Å²) in [6, 6.07) is 5.29. The van der Waals surface area contributed by atoms with Gasteiger partial charge in [0.25, 0.3) is 11.8 Å². The Balaban J connectivity index is 2.15. The monoisotopic (exact) mass is 351 g/mol. The van der Waals surface area contributed by atoms with Crippen molar-refractivity contribution in [3.8, 4) is 0 Å². The molecule has 2 rings (SSSR count). The van der Waals surface area contributed by atoms with E-state index in [1.807, 2.05) is 14.1 Å². The lowest BCUT2D eigenvalue weighted by atomic mass is 9.96. The second-order valence-electron chi connectivity index (χ2n) is 5.14. The molecule has 0 atom stereocenters. The Labute approximate surface area is 132 Å². The molecular formula is C15H18BrN3O2. The van der Waals surface area contributed by atoms with Crippen LogP contribution in [0.25, 0.3) is 5.57 Å². The molecule has 0 bridgehead atoms. The Hall–Kier alpha value is -1.66. The second kappa shape index (κ2) is 6.87. The summed E-state index contributed by atoms with van der Waals surface area (Å²) in [5, 5.41) is 5.49. The molecule has 1 aliphatic rings. The van der Waals surface area contributed by atoms with E-state index in [1.54, 1.807) is 24.4 Å². The van der Waals surface area contributed by atoms with Crippen LogP contribution in [0.1, 0.15) is 22.3 Å². The molecule has 2 amide bonds. The minimum Gasteiger partial charge on any atom is -0.390 e. The number of carbonyl (C=O) groups excluding carboxylic acids is 2. The van der Waals surface area contributed by atoms with Gasteiger partial charge in [-0.15, -0.1) is 0 Å². The van der Waals surface area contributed by atoms with E-state index in [0.29, 0.717) is 16.7 Å². The van der Waals surface area contributed by atoms with Gasteiger partial charge in [0, 0.05) is 28.3 Å². The van der Waals surface area contributed by atoms with Crippen molar-refractivity contribution in [2.45, 2.75) is 6.42 Å². The maximum absolute atomic E-state index is 12.0.